The average Bonchev–Trinajstić information content (AvgIpc) is 2.59. The summed E-state index contributed by atoms with van der Waals surface area (Å²) in [7, 11) is 0. The molecule has 2 aromatic carbocycles. The number of ether oxygens (including phenoxy) is 1. The van der Waals surface area contributed by atoms with Gasteiger partial charge in [-0.2, -0.15) is 0 Å². The number of rotatable bonds is 3. The number of fused-ring (bicyclic) bond motifs is 1. The molecule has 0 aliphatic carbocycles. The molecule has 0 bridgehead atoms. The molecule has 1 aliphatic rings. The fourth-order valence-corrected chi connectivity index (χ4v) is 3.99. The maximum atomic E-state index is 14.9. The zero-order valence-corrected chi connectivity index (χ0v) is 18.6. The average molecular weight is 495 g/mol. The van der Waals surface area contributed by atoms with E-state index in [0.717, 1.165) is 20.3 Å². The van der Waals surface area contributed by atoms with Gasteiger partial charge < -0.3 is 9.64 Å². The Hall–Kier alpha value is -1.96. The van der Waals surface area contributed by atoms with E-state index < -0.39 is 5.82 Å². The second kappa shape index (κ2) is 7.81. The van der Waals surface area contributed by atoms with E-state index in [1.807, 2.05) is 45.0 Å². The van der Waals surface area contributed by atoms with Gasteiger partial charge in [-0.15, -0.1) is 0 Å². The van der Waals surface area contributed by atoms with Crippen molar-refractivity contribution in [3.05, 3.63) is 62.0 Å². The van der Waals surface area contributed by atoms with Gasteiger partial charge in [0.15, 0.2) is 0 Å². The van der Waals surface area contributed by atoms with E-state index >= 15 is 0 Å². The van der Waals surface area contributed by atoms with Crippen molar-refractivity contribution in [2.45, 2.75) is 46.1 Å². The van der Waals surface area contributed by atoms with Gasteiger partial charge in [-0.1, -0.05) is 32.9 Å². The Morgan fingerprint density at radius 1 is 1.29 bits per heavy atom. The first-order valence-corrected chi connectivity index (χ1v) is 10.2. The standard InChI is InChI=1S/C22H23FINO3/c1-13(26)28-12-16-18(24)6-5-7-19(16)25-9-8-14-10-15(22(2,3)4)11-17(23)20(14)21(25)27/h5-7,10-11H,8-9,12H2,1-4H3. The molecule has 0 aromatic heterocycles. The number of benzene rings is 2. The molecule has 0 saturated heterocycles. The molecule has 0 atom stereocenters. The Balaban J connectivity index is 2.02. The van der Waals surface area contributed by atoms with E-state index in [-0.39, 0.29) is 29.5 Å². The van der Waals surface area contributed by atoms with Crippen molar-refractivity contribution in [1.82, 2.24) is 0 Å². The number of esters is 1. The molecule has 1 aliphatic heterocycles. The molecule has 0 N–H and O–H groups in total. The van der Waals surface area contributed by atoms with E-state index in [1.54, 1.807) is 4.90 Å². The third kappa shape index (κ3) is 4.06. The number of halogens is 2. The van der Waals surface area contributed by atoms with Gasteiger partial charge in [-0.25, -0.2) is 4.39 Å². The Kier molecular flexibility index (Phi) is 5.79. The van der Waals surface area contributed by atoms with E-state index in [9.17, 15) is 14.0 Å². The molecular weight excluding hydrogens is 472 g/mol. The number of anilines is 1. The summed E-state index contributed by atoms with van der Waals surface area (Å²) in [6.07, 6.45) is 0.570. The number of amides is 1. The Morgan fingerprint density at radius 2 is 2.00 bits per heavy atom. The molecule has 6 heteroatoms. The highest BCUT2D eigenvalue weighted by atomic mass is 127. The molecule has 0 saturated carbocycles. The van der Waals surface area contributed by atoms with Gasteiger partial charge >= 0.3 is 5.97 Å². The van der Waals surface area contributed by atoms with Crippen molar-refractivity contribution in [2.75, 3.05) is 11.4 Å². The van der Waals surface area contributed by atoms with Crippen molar-refractivity contribution in [3.63, 3.8) is 0 Å². The Labute approximate surface area is 178 Å². The zero-order valence-electron chi connectivity index (χ0n) is 16.4. The first-order valence-electron chi connectivity index (χ1n) is 9.15. The van der Waals surface area contributed by atoms with Gasteiger partial charge in [0.2, 0.25) is 0 Å². The second-order valence-corrected chi connectivity index (χ2v) is 9.13. The van der Waals surface area contributed by atoms with Crippen LogP contribution in [0, 0.1) is 9.39 Å². The molecule has 4 nitrogen and oxygen atoms in total. The Bertz CT molecular complexity index is 950. The largest absolute Gasteiger partial charge is 0.461 e. The van der Waals surface area contributed by atoms with Crippen LogP contribution in [0.2, 0.25) is 0 Å². The molecule has 0 fully saturated rings. The highest BCUT2D eigenvalue weighted by Crippen LogP contribution is 2.34. The van der Waals surface area contributed by atoms with Crippen LogP contribution in [0.15, 0.2) is 30.3 Å². The smallest absolute Gasteiger partial charge is 0.302 e. The van der Waals surface area contributed by atoms with Crippen molar-refractivity contribution >= 4 is 40.2 Å². The summed E-state index contributed by atoms with van der Waals surface area (Å²) < 4.78 is 21.0. The fraction of sp³-hybridized carbons (Fsp3) is 0.364. The van der Waals surface area contributed by atoms with Gasteiger partial charge in [-0.3, -0.25) is 9.59 Å². The minimum absolute atomic E-state index is 0.0753. The summed E-state index contributed by atoms with van der Waals surface area (Å²) in [5.41, 5.74) is 2.98. The topological polar surface area (TPSA) is 46.6 Å². The number of carbonyl (C=O) groups excluding carboxylic acids is 2. The van der Waals surface area contributed by atoms with Crippen LogP contribution >= 0.6 is 22.6 Å². The van der Waals surface area contributed by atoms with Crippen LogP contribution in [-0.4, -0.2) is 18.4 Å². The minimum Gasteiger partial charge on any atom is -0.461 e. The summed E-state index contributed by atoms with van der Waals surface area (Å²) in [6, 6.07) is 8.96. The van der Waals surface area contributed by atoms with Crippen LogP contribution < -0.4 is 4.90 Å². The monoisotopic (exact) mass is 495 g/mol. The molecule has 0 radical (unpaired) electrons. The summed E-state index contributed by atoms with van der Waals surface area (Å²) >= 11 is 2.15. The quantitative estimate of drug-likeness (QED) is 0.445. The molecule has 1 amide bonds. The predicted molar refractivity (Wildman–Crippen MR) is 115 cm³/mol. The minimum atomic E-state index is -0.482. The van der Waals surface area contributed by atoms with Gasteiger partial charge in [0.1, 0.15) is 12.4 Å². The van der Waals surface area contributed by atoms with Crippen LogP contribution in [-0.2, 0) is 28.0 Å². The number of nitrogens with zero attached hydrogens (tertiary/aromatic N) is 1. The maximum absolute atomic E-state index is 14.9. The first kappa shape index (κ1) is 20.8. The maximum Gasteiger partial charge on any atom is 0.302 e. The highest BCUT2D eigenvalue weighted by Gasteiger charge is 2.31. The number of hydrogen-bond acceptors (Lipinski definition) is 3. The molecule has 0 unspecified atom stereocenters. The van der Waals surface area contributed by atoms with Gasteiger partial charge in [-0.05, 0) is 63.8 Å². The van der Waals surface area contributed by atoms with E-state index in [0.29, 0.717) is 18.7 Å². The molecule has 148 valence electrons. The van der Waals surface area contributed by atoms with Crippen LogP contribution in [0.1, 0.15) is 54.7 Å². The number of hydrogen-bond donors (Lipinski definition) is 0. The second-order valence-electron chi connectivity index (χ2n) is 7.97. The molecule has 2 aromatic rings. The summed E-state index contributed by atoms with van der Waals surface area (Å²) in [4.78, 5) is 26.0. The summed E-state index contributed by atoms with van der Waals surface area (Å²) in [5, 5.41) is 0. The predicted octanol–water partition coefficient (Wildman–Crippen LogP) is 4.99. The third-order valence-corrected chi connectivity index (χ3v) is 5.92. The SMILES string of the molecule is CC(=O)OCc1c(I)cccc1N1CCc2cc(C(C)(C)C)cc(F)c2C1=O. The summed E-state index contributed by atoms with van der Waals surface area (Å²) in [6.45, 7) is 7.95. The van der Waals surface area contributed by atoms with Crippen molar-refractivity contribution in [2.24, 2.45) is 0 Å². The lowest BCUT2D eigenvalue weighted by Gasteiger charge is -2.32. The normalized spacial score (nSPS) is 14.1. The van der Waals surface area contributed by atoms with Gasteiger partial charge in [0.25, 0.3) is 5.91 Å². The lowest BCUT2D eigenvalue weighted by atomic mass is 9.83. The molecule has 1 heterocycles. The fourth-order valence-electron chi connectivity index (χ4n) is 3.35. The molecule has 28 heavy (non-hydrogen) atoms. The van der Waals surface area contributed by atoms with Gasteiger partial charge in [0.05, 0.1) is 11.3 Å². The lowest BCUT2D eigenvalue weighted by molar-refractivity contribution is -0.142. The van der Waals surface area contributed by atoms with Crippen LogP contribution in [0.4, 0.5) is 10.1 Å². The van der Waals surface area contributed by atoms with Crippen LogP contribution in [0.3, 0.4) is 0 Å². The first-order chi connectivity index (χ1) is 13.1. The van der Waals surface area contributed by atoms with E-state index in [1.165, 1.54) is 13.0 Å². The third-order valence-electron chi connectivity index (χ3n) is 4.91. The van der Waals surface area contributed by atoms with Crippen molar-refractivity contribution in [1.29, 1.82) is 0 Å². The Morgan fingerprint density at radius 3 is 2.64 bits per heavy atom. The molecule has 0 spiro atoms. The van der Waals surface area contributed by atoms with Crippen LogP contribution in [0.5, 0.6) is 0 Å². The van der Waals surface area contributed by atoms with E-state index in [4.69, 9.17) is 4.74 Å². The van der Waals surface area contributed by atoms with E-state index in [2.05, 4.69) is 22.6 Å². The highest BCUT2D eigenvalue weighted by molar-refractivity contribution is 14.1. The number of carbonyl (C=O) groups is 2. The zero-order chi connectivity index (χ0) is 20.6. The van der Waals surface area contributed by atoms with Crippen molar-refractivity contribution < 1.29 is 18.7 Å². The molecular formula is C22H23FINO3. The molecule has 3 rings (SSSR count). The van der Waals surface area contributed by atoms with Crippen molar-refractivity contribution in [3.8, 4) is 0 Å². The van der Waals surface area contributed by atoms with Crippen LogP contribution in [0.25, 0.3) is 0 Å². The summed E-state index contributed by atoms with van der Waals surface area (Å²) in [5.74, 6) is -1.23. The lowest BCUT2D eigenvalue weighted by Crippen LogP contribution is -2.39. The van der Waals surface area contributed by atoms with Gasteiger partial charge in [0, 0.05) is 22.6 Å².